The molecule has 1 saturated carbocycles. The van der Waals surface area contributed by atoms with Crippen LogP contribution in [0.4, 0.5) is 5.69 Å². The highest BCUT2D eigenvalue weighted by molar-refractivity contribution is 9.10. The molecule has 0 spiro atoms. The minimum Gasteiger partial charge on any atom is -0.320 e. The highest BCUT2D eigenvalue weighted by atomic mass is 79.9. The topological polar surface area (TPSA) is 82.0 Å². The lowest BCUT2D eigenvalue weighted by molar-refractivity contribution is -0.386. The van der Waals surface area contributed by atoms with Crippen molar-refractivity contribution in [1.82, 2.24) is 4.98 Å². The van der Waals surface area contributed by atoms with E-state index in [9.17, 15) is 10.1 Å². The van der Waals surface area contributed by atoms with Gasteiger partial charge in [-0.2, -0.15) is 0 Å². The van der Waals surface area contributed by atoms with E-state index < -0.39 is 10.5 Å². The molecule has 0 saturated heterocycles. The van der Waals surface area contributed by atoms with Crippen molar-refractivity contribution in [1.29, 1.82) is 0 Å². The van der Waals surface area contributed by atoms with E-state index in [4.69, 9.17) is 5.73 Å². The van der Waals surface area contributed by atoms with Crippen molar-refractivity contribution in [3.63, 3.8) is 0 Å². The predicted octanol–water partition coefficient (Wildman–Crippen LogP) is 1.70. The van der Waals surface area contributed by atoms with Crippen LogP contribution in [0.15, 0.2) is 16.7 Å². The van der Waals surface area contributed by atoms with Gasteiger partial charge in [-0.1, -0.05) is 0 Å². The van der Waals surface area contributed by atoms with Gasteiger partial charge < -0.3 is 5.73 Å². The van der Waals surface area contributed by atoms with E-state index in [1.807, 2.05) is 0 Å². The lowest BCUT2D eigenvalue weighted by atomic mass is 10.1. The van der Waals surface area contributed by atoms with Gasteiger partial charge in [0, 0.05) is 16.7 Å². The third kappa shape index (κ3) is 1.51. The maximum atomic E-state index is 10.7. The molecule has 74 valence electrons. The quantitative estimate of drug-likeness (QED) is 0.646. The zero-order chi connectivity index (χ0) is 10.3. The van der Waals surface area contributed by atoms with Crippen LogP contribution in [0.25, 0.3) is 0 Å². The minimum absolute atomic E-state index is 0.000579. The fourth-order valence-corrected chi connectivity index (χ4v) is 1.64. The van der Waals surface area contributed by atoms with Crippen molar-refractivity contribution in [2.24, 2.45) is 5.73 Å². The zero-order valence-electron chi connectivity index (χ0n) is 7.24. The smallest absolute Gasteiger partial charge is 0.293 e. The van der Waals surface area contributed by atoms with E-state index >= 15 is 0 Å². The van der Waals surface area contributed by atoms with E-state index in [-0.39, 0.29) is 5.69 Å². The number of nitrogens with two attached hydrogens (primary N) is 1. The third-order valence-electron chi connectivity index (χ3n) is 2.29. The van der Waals surface area contributed by atoms with Crippen molar-refractivity contribution >= 4 is 21.6 Å². The van der Waals surface area contributed by atoms with E-state index in [1.165, 1.54) is 12.3 Å². The third-order valence-corrected chi connectivity index (χ3v) is 2.72. The standard InChI is InChI=1S/C8H8BrN3O2/c9-5-3-6(12(13)14)7(11-4-5)8(10)1-2-8/h3-4H,1-2,10H2. The monoisotopic (exact) mass is 257 g/mol. The predicted molar refractivity (Wildman–Crippen MR) is 53.7 cm³/mol. The first-order valence-electron chi connectivity index (χ1n) is 4.12. The van der Waals surface area contributed by atoms with E-state index in [2.05, 4.69) is 20.9 Å². The highest BCUT2D eigenvalue weighted by Gasteiger charge is 2.46. The summed E-state index contributed by atoms with van der Waals surface area (Å²) in [6.45, 7) is 0. The number of rotatable bonds is 2. The number of halogens is 1. The molecule has 0 aromatic carbocycles. The fraction of sp³-hybridized carbons (Fsp3) is 0.375. The summed E-state index contributed by atoms with van der Waals surface area (Å²) in [6.07, 6.45) is 3.07. The Morgan fingerprint density at radius 1 is 1.64 bits per heavy atom. The first kappa shape index (κ1) is 9.54. The molecule has 1 aromatic rings. The Hall–Kier alpha value is -1.01. The van der Waals surface area contributed by atoms with Crippen molar-refractivity contribution in [3.8, 4) is 0 Å². The maximum Gasteiger partial charge on any atom is 0.293 e. The Kier molecular flexibility index (Phi) is 2.04. The van der Waals surface area contributed by atoms with Crippen molar-refractivity contribution in [3.05, 3.63) is 32.5 Å². The first-order valence-corrected chi connectivity index (χ1v) is 4.91. The summed E-state index contributed by atoms with van der Waals surface area (Å²) in [7, 11) is 0. The van der Waals surface area contributed by atoms with Crippen LogP contribution in [0.3, 0.4) is 0 Å². The van der Waals surface area contributed by atoms with Crippen molar-refractivity contribution in [2.45, 2.75) is 18.4 Å². The van der Waals surface area contributed by atoms with Crippen LogP contribution in [0, 0.1) is 10.1 Å². The number of nitrogens with zero attached hydrogens (tertiary/aromatic N) is 2. The lowest BCUT2D eigenvalue weighted by Gasteiger charge is -2.07. The molecule has 6 heteroatoms. The summed E-state index contributed by atoms with van der Waals surface area (Å²) in [5, 5.41) is 10.7. The van der Waals surface area contributed by atoms with Gasteiger partial charge in [-0.3, -0.25) is 15.1 Å². The Labute approximate surface area is 88.6 Å². The largest absolute Gasteiger partial charge is 0.320 e. The molecule has 0 radical (unpaired) electrons. The van der Waals surface area contributed by atoms with Gasteiger partial charge in [-0.25, -0.2) is 0 Å². The molecular weight excluding hydrogens is 250 g/mol. The van der Waals surface area contributed by atoms with Gasteiger partial charge >= 0.3 is 0 Å². The molecule has 0 amide bonds. The molecule has 1 aromatic heterocycles. The second-order valence-electron chi connectivity index (χ2n) is 3.43. The summed E-state index contributed by atoms with van der Waals surface area (Å²) in [4.78, 5) is 14.3. The fourth-order valence-electron chi connectivity index (χ4n) is 1.32. The van der Waals surface area contributed by atoms with Gasteiger partial charge in [0.25, 0.3) is 5.69 Å². The molecule has 2 rings (SSSR count). The number of pyridine rings is 1. The molecule has 5 nitrogen and oxygen atoms in total. The van der Waals surface area contributed by atoms with Crippen molar-refractivity contribution < 1.29 is 4.92 Å². The van der Waals surface area contributed by atoms with Gasteiger partial charge in [-0.15, -0.1) is 0 Å². The Bertz CT molecular complexity index is 404. The summed E-state index contributed by atoms with van der Waals surface area (Å²) in [6, 6.07) is 1.44. The van der Waals surface area contributed by atoms with Crippen LogP contribution in [0.2, 0.25) is 0 Å². The SMILES string of the molecule is NC1(c2ncc(Br)cc2[N+](=O)[O-])CC1. The average molecular weight is 258 g/mol. The van der Waals surface area contributed by atoms with Gasteiger partial charge in [0.2, 0.25) is 0 Å². The molecule has 0 unspecified atom stereocenters. The second-order valence-corrected chi connectivity index (χ2v) is 4.35. The minimum atomic E-state index is -0.566. The Balaban J connectivity index is 2.54. The first-order chi connectivity index (χ1) is 6.53. The van der Waals surface area contributed by atoms with Crippen LogP contribution < -0.4 is 5.73 Å². The zero-order valence-corrected chi connectivity index (χ0v) is 8.82. The lowest BCUT2D eigenvalue weighted by Crippen LogP contribution is -2.21. The van der Waals surface area contributed by atoms with Crippen LogP contribution in [0.5, 0.6) is 0 Å². The van der Waals surface area contributed by atoms with Gasteiger partial charge in [0.05, 0.1) is 10.5 Å². The Morgan fingerprint density at radius 2 is 2.29 bits per heavy atom. The summed E-state index contributed by atoms with van der Waals surface area (Å²) in [5.74, 6) is 0. The molecule has 1 aliphatic rings. The molecule has 14 heavy (non-hydrogen) atoms. The molecule has 0 bridgehead atoms. The normalized spacial score (nSPS) is 17.9. The van der Waals surface area contributed by atoms with Crippen LogP contribution in [0.1, 0.15) is 18.5 Å². The van der Waals surface area contributed by atoms with Crippen LogP contribution >= 0.6 is 15.9 Å². The number of hydrogen-bond donors (Lipinski definition) is 1. The van der Waals surface area contributed by atoms with E-state index in [0.29, 0.717) is 10.2 Å². The van der Waals surface area contributed by atoms with Crippen LogP contribution in [-0.2, 0) is 5.54 Å². The van der Waals surface area contributed by atoms with Gasteiger partial charge in [0.1, 0.15) is 5.69 Å². The van der Waals surface area contributed by atoms with Gasteiger partial charge in [0.15, 0.2) is 0 Å². The average Bonchev–Trinajstić information content (AvgIpc) is 2.84. The second kappa shape index (κ2) is 2.99. The Morgan fingerprint density at radius 3 is 2.79 bits per heavy atom. The maximum absolute atomic E-state index is 10.7. The van der Waals surface area contributed by atoms with E-state index in [1.54, 1.807) is 0 Å². The molecule has 1 heterocycles. The summed E-state index contributed by atoms with van der Waals surface area (Å²) >= 11 is 3.14. The number of hydrogen-bond acceptors (Lipinski definition) is 4. The summed E-state index contributed by atoms with van der Waals surface area (Å²) < 4.78 is 0.595. The van der Waals surface area contributed by atoms with Crippen molar-refractivity contribution in [2.75, 3.05) is 0 Å². The molecule has 2 N–H and O–H groups in total. The van der Waals surface area contributed by atoms with Gasteiger partial charge in [-0.05, 0) is 28.8 Å². The van der Waals surface area contributed by atoms with Crippen LogP contribution in [-0.4, -0.2) is 9.91 Å². The number of aromatic nitrogens is 1. The van der Waals surface area contributed by atoms with E-state index in [0.717, 1.165) is 12.8 Å². The molecule has 1 aliphatic carbocycles. The summed E-state index contributed by atoms with van der Waals surface area (Å²) in [5.41, 5.74) is 5.70. The molecule has 0 aliphatic heterocycles. The molecule has 0 atom stereocenters. The molecule has 1 fully saturated rings. The highest BCUT2D eigenvalue weighted by Crippen LogP contribution is 2.45. The molecular formula is C8H8BrN3O2. The number of nitro groups is 1.